The maximum atomic E-state index is 13.4. The summed E-state index contributed by atoms with van der Waals surface area (Å²) in [7, 11) is 0. The Kier molecular flexibility index (Phi) is 4.31. The van der Waals surface area contributed by atoms with Crippen LogP contribution in [0.15, 0.2) is 45.5 Å². The van der Waals surface area contributed by atoms with Crippen LogP contribution < -0.4 is 10.1 Å². The van der Waals surface area contributed by atoms with E-state index in [1.807, 2.05) is 13.8 Å². The van der Waals surface area contributed by atoms with Crippen LogP contribution in [0.4, 0.5) is 0 Å². The number of amides is 1. The predicted octanol–water partition coefficient (Wildman–Crippen LogP) is 4.66. The predicted molar refractivity (Wildman–Crippen MR) is 110 cm³/mol. The molecule has 1 aromatic carbocycles. The van der Waals surface area contributed by atoms with Crippen molar-refractivity contribution >= 4 is 17.0 Å². The summed E-state index contributed by atoms with van der Waals surface area (Å²) in [6.45, 7) is 6.42. The number of ether oxygens (including phenoxy) is 1. The Balaban J connectivity index is 1.56. The smallest absolute Gasteiger partial charge is 0.259 e. The molecule has 1 unspecified atom stereocenters. The minimum absolute atomic E-state index is 0.143. The van der Waals surface area contributed by atoms with Gasteiger partial charge in [0.15, 0.2) is 5.76 Å². The molecule has 1 N–H and O–H groups in total. The lowest BCUT2D eigenvalue weighted by molar-refractivity contribution is 0.0926. The van der Waals surface area contributed by atoms with Crippen LogP contribution in [-0.4, -0.2) is 22.7 Å². The summed E-state index contributed by atoms with van der Waals surface area (Å²) < 4.78 is 16.7. The standard InChI is InChI=1S/C23H21N3O4/c1-12-9-13(2)21-15(10-12)17(6-8-29-21)24-22(27)16-11-18(19-5-4-7-28-19)25-23-20(16)14(3)26-30-23/h4-5,7,9-11,17H,6,8H2,1-3H3,(H,24,27). The molecule has 0 radical (unpaired) electrons. The quantitative estimate of drug-likeness (QED) is 0.535. The summed E-state index contributed by atoms with van der Waals surface area (Å²) in [6, 6.07) is 9.31. The minimum Gasteiger partial charge on any atom is -0.493 e. The highest BCUT2D eigenvalue weighted by molar-refractivity contribution is 6.07. The molecule has 0 fully saturated rings. The first-order valence-electron chi connectivity index (χ1n) is 9.87. The van der Waals surface area contributed by atoms with Crippen molar-refractivity contribution in [2.75, 3.05) is 6.61 Å². The van der Waals surface area contributed by atoms with Crippen molar-refractivity contribution < 1.29 is 18.5 Å². The van der Waals surface area contributed by atoms with Gasteiger partial charge in [0, 0.05) is 12.0 Å². The Bertz CT molecular complexity index is 1260. The normalized spacial score (nSPS) is 15.6. The fraction of sp³-hybridized carbons (Fsp3) is 0.261. The lowest BCUT2D eigenvalue weighted by Crippen LogP contribution is -2.32. The van der Waals surface area contributed by atoms with Crippen molar-refractivity contribution in [1.29, 1.82) is 0 Å². The van der Waals surface area contributed by atoms with E-state index in [0.29, 0.717) is 46.8 Å². The molecule has 0 bridgehead atoms. The Morgan fingerprint density at radius 1 is 1.20 bits per heavy atom. The highest BCUT2D eigenvalue weighted by Gasteiger charge is 2.27. The molecular weight excluding hydrogens is 382 g/mol. The summed E-state index contributed by atoms with van der Waals surface area (Å²) in [4.78, 5) is 17.9. The number of nitrogens with zero attached hydrogens (tertiary/aromatic N) is 2. The SMILES string of the molecule is Cc1cc(C)c2c(c1)C(NC(=O)c1cc(-c3ccco3)nc3onc(C)c13)CCO2. The molecule has 7 heteroatoms. The minimum atomic E-state index is -0.210. The average molecular weight is 403 g/mol. The third kappa shape index (κ3) is 3.03. The van der Waals surface area contributed by atoms with Gasteiger partial charge < -0.3 is 19.0 Å². The Labute approximate surface area is 173 Å². The molecule has 1 atom stereocenters. The number of hydrogen-bond donors (Lipinski definition) is 1. The monoisotopic (exact) mass is 403 g/mol. The summed E-state index contributed by atoms with van der Waals surface area (Å²) in [5, 5.41) is 7.79. The number of aromatic nitrogens is 2. The molecular formula is C23H21N3O4. The molecule has 3 aromatic heterocycles. The molecule has 4 aromatic rings. The van der Waals surface area contributed by atoms with Crippen molar-refractivity contribution in [2.45, 2.75) is 33.2 Å². The van der Waals surface area contributed by atoms with Gasteiger partial charge in [0.05, 0.1) is 35.6 Å². The third-order valence-corrected chi connectivity index (χ3v) is 5.42. The molecule has 0 spiro atoms. The molecule has 30 heavy (non-hydrogen) atoms. The van der Waals surface area contributed by atoms with Gasteiger partial charge in [-0.3, -0.25) is 4.79 Å². The van der Waals surface area contributed by atoms with Crippen LogP contribution in [0.1, 0.15) is 45.2 Å². The van der Waals surface area contributed by atoms with Gasteiger partial charge in [0.1, 0.15) is 11.4 Å². The highest BCUT2D eigenvalue weighted by Crippen LogP contribution is 2.36. The summed E-state index contributed by atoms with van der Waals surface area (Å²) in [5.41, 5.74) is 5.13. The molecule has 4 heterocycles. The number of fused-ring (bicyclic) bond motifs is 2. The van der Waals surface area contributed by atoms with Crippen LogP contribution in [-0.2, 0) is 0 Å². The zero-order chi connectivity index (χ0) is 20.8. The van der Waals surface area contributed by atoms with Gasteiger partial charge in [-0.25, -0.2) is 4.98 Å². The van der Waals surface area contributed by atoms with E-state index < -0.39 is 0 Å². The van der Waals surface area contributed by atoms with E-state index in [1.54, 1.807) is 31.4 Å². The van der Waals surface area contributed by atoms with E-state index >= 15 is 0 Å². The fourth-order valence-corrected chi connectivity index (χ4v) is 4.09. The van der Waals surface area contributed by atoms with E-state index in [9.17, 15) is 4.79 Å². The lowest BCUT2D eigenvalue weighted by atomic mass is 9.95. The van der Waals surface area contributed by atoms with Gasteiger partial charge >= 0.3 is 0 Å². The number of furan rings is 1. The average Bonchev–Trinajstić information content (AvgIpc) is 3.38. The number of carbonyl (C=O) groups is 1. The first-order chi connectivity index (χ1) is 14.5. The topological polar surface area (TPSA) is 90.4 Å². The maximum Gasteiger partial charge on any atom is 0.259 e. The highest BCUT2D eigenvalue weighted by atomic mass is 16.5. The van der Waals surface area contributed by atoms with Crippen molar-refractivity contribution in [3.63, 3.8) is 0 Å². The number of benzene rings is 1. The van der Waals surface area contributed by atoms with E-state index in [4.69, 9.17) is 13.7 Å². The van der Waals surface area contributed by atoms with Crippen molar-refractivity contribution in [3.8, 4) is 17.2 Å². The van der Waals surface area contributed by atoms with Crippen LogP contribution in [0.2, 0.25) is 0 Å². The fourth-order valence-electron chi connectivity index (χ4n) is 4.09. The van der Waals surface area contributed by atoms with Crippen LogP contribution in [0.25, 0.3) is 22.6 Å². The zero-order valence-electron chi connectivity index (χ0n) is 17.0. The largest absolute Gasteiger partial charge is 0.493 e. The molecule has 0 saturated heterocycles. The van der Waals surface area contributed by atoms with E-state index in [0.717, 1.165) is 22.4 Å². The molecule has 152 valence electrons. The molecule has 1 aliphatic heterocycles. The molecule has 0 aliphatic carbocycles. The number of hydrogen-bond acceptors (Lipinski definition) is 6. The molecule has 7 nitrogen and oxygen atoms in total. The molecule has 0 saturated carbocycles. The summed E-state index contributed by atoms with van der Waals surface area (Å²) in [6.07, 6.45) is 2.26. The van der Waals surface area contributed by atoms with Crippen LogP contribution in [0.3, 0.4) is 0 Å². The summed E-state index contributed by atoms with van der Waals surface area (Å²) in [5.74, 6) is 1.20. The summed E-state index contributed by atoms with van der Waals surface area (Å²) >= 11 is 0. The van der Waals surface area contributed by atoms with Crippen LogP contribution >= 0.6 is 0 Å². The Hall–Kier alpha value is -3.61. The van der Waals surface area contributed by atoms with Crippen LogP contribution in [0, 0.1) is 20.8 Å². The number of rotatable bonds is 3. The first-order valence-corrected chi connectivity index (χ1v) is 9.87. The van der Waals surface area contributed by atoms with E-state index in [-0.39, 0.29) is 11.9 Å². The van der Waals surface area contributed by atoms with Crippen molar-refractivity contribution in [3.05, 3.63) is 64.5 Å². The number of aryl methyl sites for hydroxylation is 3. The number of carbonyl (C=O) groups excluding carboxylic acids is 1. The second-order valence-electron chi connectivity index (χ2n) is 7.64. The number of nitrogens with one attached hydrogen (secondary N) is 1. The molecule has 1 aliphatic rings. The van der Waals surface area contributed by atoms with Gasteiger partial charge in [0.25, 0.3) is 11.6 Å². The Morgan fingerprint density at radius 3 is 2.87 bits per heavy atom. The van der Waals surface area contributed by atoms with Gasteiger partial charge in [-0.15, -0.1) is 0 Å². The van der Waals surface area contributed by atoms with Crippen LogP contribution in [0.5, 0.6) is 5.75 Å². The van der Waals surface area contributed by atoms with E-state index in [2.05, 4.69) is 27.6 Å². The third-order valence-electron chi connectivity index (χ3n) is 5.42. The maximum absolute atomic E-state index is 13.4. The van der Waals surface area contributed by atoms with E-state index in [1.165, 1.54) is 0 Å². The second kappa shape index (κ2) is 7.02. The number of pyridine rings is 1. The van der Waals surface area contributed by atoms with Gasteiger partial charge in [0.2, 0.25) is 0 Å². The lowest BCUT2D eigenvalue weighted by Gasteiger charge is -2.28. The van der Waals surface area contributed by atoms with Crippen molar-refractivity contribution in [2.24, 2.45) is 0 Å². The van der Waals surface area contributed by atoms with Gasteiger partial charge in [-0.2, -0.15) is 0 Å². The first kappa shape index (κ1) is 18.4. The van der Waals surface area contributed by atoms with Gasteiger partial charge in [-0.1, -0.05) is 22.9 Å². The van der Waals surface area contributed by atoms with Crippen molar-refractivity contribution in [1.82, 2.24) is 15.5 Å². The molecule has 5 rings (SSSR count). The Morgan fingerprint density at radius 2 is 2.07 bits per heavy atom. The second-order valence-corrected chi connectivity index (χ2v) is 7.64. The molecule has 1 amide bonds. The zero-order valence-corrected chi connectivity index (χ0v) is 17.0. The van der Waals surface area contributed by atoms with Gasteiger partial charge in [-0.05, 0) is 44.5 Å².